The van der Waals surface area contributed by atoms with Gasteiger partial charge < -0.3 is 9.53 Å². The minimum absolute atomic E-state index is 0.117. The van der Waals surface area contributed by atoms with Crippen LogP contribution in [0.25, 0.3) is 0 Å². The van der Waals surface area contributed by atoms with Crippen molar-refractivity contribution in [2.45, 2.75) is 77.8 Å². The van der Waals surface area contributed by atoms with Crippen molar-refractivity contribution < 1.29 is 9.53 Å². The highest BCUT2D eigenvalue weighted by Gasteiger charge is 2.57. The fraction of sp³-hybridized carbons (Fsp3) is 0.875. The van der Waals surface area contributed by atoms with Crippen molar-refractivity contribution in [3.63, 3.8) is 0 Å². The molecule has 0 aromatic carbocycles. The molecule has 2 nitrogen and oxygen atoms in total. The Balaban J connectivity index is 2.87. The molecule has 1 fully saturated rings. The third-order valence-corrected chi connectivity index (χ3v) is 9.92. The molecule has 1 aliphatic carbocycles. The zero-order chi connectivity index (χ0) is 15.3. The van der Waals surface area contributed by atoms with E-state index in [9.17, 15) is 5.11 Å². The summed E-state index contributed by atoms with van der Waals surface area (Å²) in [6, 6.07) is 0. The van der Waals surface area contributed by atoms with Gasteiger partial charge in [0, 0.05) is 11.3 Å². The van der Waals surface area contributed by atoms with Crippen molar-refractivity contribution in [2.75, 3.05) is 0 Å². The van der Waals surface area contributed by atoms with Crippen LogP contribution in [-0.4, -0.2) is 25.1 Å². The molecule has 1 aliphatic rings. The predicted octanol–water partition coefficient (Wildman–Crippen LogP) is 4.36. The summed E-state index contributed by atoms with van der Waals surface area (Å²) in [5.74, 6) is 0.229. The summed E-state index contributed by atoms with van der Waals surface area (Å²) in [6.07, 6.45) is 3.11. The van der Waals surface area contributed by atoms with Gasteiger partial charge in [0.2, 0.25) is 0 Å². The first-order chi connectivity index (χ1) is 8.25. The van der Waals surface area contributed by atoms with Gasteiger partial charge in [0.05, 0.1) is 11.7 Å². The minimum atomic E-state index is -1.76. The SMILES string of the molecule is C=C[C@@]1(C)[C@@H](O[Si](C)(C)C(C)(C)C)C[C@H]1C(C)(C)O. The summed E-state index contributed by atoms with van der Waals surface area (Å²) >= 11 is 0. The van der Waals surface area contributed by atoms with Gasteiger partial charge in [-0.05, 0) is 38.4 Å². The van der Waals surface area contributed by atoms with Crippen LogP contribution < -0.4 is 0 Å². The highest BCUT2D eigenvalue weighted by molar-refractivity contribution is 6.74. The molecule has 1 N–H and O–H groups in total. The Labute approximate surface area is 120 Å². The van der Waals surface area contributed by atoms with Gasteiger partial charge in [-0.1, -0.05) is 33.8 Å². The van der Waals surface area contributed by atoms with Crippen LogP contribution >= 0.6 is 0 Å². The molecular formula is C16H32O2Si. The second-order valence-corrected chi connectivity index (χ2v) is 13.1. The lowest BCUT2D eigenvalue weighted by atomic mass is 9.54. The Hall–Kier alpha value is -0.123. The van der Waals surface area contributed by atoms with Gasteiger partial charge in [0.15, 0.2) is 8.32 Å². The van der Waals surface area contributed by atoms with E-state index in [1.54, 1.807) is 0 Å². The van der Waals surface area contributed by atoms with E-state index in [0.717, 1.165) is 6.42 Å². The molecule has 0 aromatic heterocycles. The van der Waals surface area contributed by atoms with Crippen molar-refractivity contribution in [1.29, 1.82) is 0 Å². The van der Waals surface area contributed by atoms with Crippen LogP contribution in [0, 0.1) is 11.3 Å². The topological polar surface area (TPSA) is 29.5 Å². The molecule has 0 aliphatic heterocycles. The van der Waals surface area contributed by atoms with Gasteiger partial charge in [-0.15, -0.1) is 6.58 Å². The summed E-state index contributed by atoms with van der Waals surface area (Å²) in [7, 11) is -1.76. The lowest BCUT2D eigenvalue weighted by Crippen LogP contribution is -2.62. The lowest BCUT2D eigenvalue weighted by Gasteiger charge is -2.59. The van der Waals surface area contributed by atoms with E-state index in [-0.39, 0.29) is 22.5 Å². The third kappa shape index (κ3) is 2.98. The minimum Gasteiger partial charge on any atom is -0.413 e. The first-order valence-corrected chi connectivity index (χ1v) is 10.2. The van der Waals surface area contributed by atoms with E-state index in [1.807, 2.05) is 19.9 Å². The molecule has 0 bridgehead atoms. The largest absolute Gasteiger partial charge is 0.413 e. The quantitative estimate of drug-likeness (QED) is 0.614. The summed E-state index contributed by atoms with van der Waals surface area (Å²) in [6.45, 7) is 21.3. The van der Waals surface area contributed by atoms with E-state index in [0.29, 0.717) is 0 Å². The van der Waals surface area contributed by atoms with Crippen LogP contribution in [0.4, 0.5) is 0 Å². The van der Waals surface area contributed by atoms with Crippen LogP contribution in [0.5, 0.6) is 0 Å². The Kier molecular flexibility index (Phi) is 4.20. The number of hydrogen-bond acceptors (Lipinski definition) is 2. The molecule has 0 spiro atoms. The van der Waals surface area contributed by atoms with E-state index in [4.69, 9.17) is 4.43 Å². The Morgan fingerprint density at radius 2 is 1.74 bits per heavy atom. The van der Waals surface area contributed by atoms with E-state index < -0.39 is 13.9 Å². The van der Waals surface area contributed by atoms with Crippen LogP contribution in [0.15, 0.2) is 12.7 Å². The van der Waals surface area contributed by atoms with Gasteiger partial charge >= 0.3 is 0 Å². The summed E-state index contributed by atoms with van der Waals surface area (Å²) in [5.41, 5.74) is -0.788. The molecule has 3 atom stereocenters. The first-order valence-electron chi connectivity index (χ1n) is 7.29. The molecule has 0 aromatic rings. The normalized spacial score (nSPS) is 32.9. The smallest absolute Gasteiger partial charge is 0.192 e. The van der Waals surface area contributed by atoms with Crippen molar-refractivity contribution >= 4 is 8.32 Å². The lowest BCUT2D eigenvalue weighted by molar-refractivity contribution is -0.153. The Morgan fingerprint density at radius 3 is 2.05 bits per heavy atom. The first kappa shape index (κ1) is 16.9. The predicted molar refractivity (Wildman–Crippen MR) is 84.8 cm³/mol. The van der Waals surface area contributed by atoms with Gasteiger partial charge in [-0.2, -0.15) is 0 Å². The molecule has 0 saturated heterocycles. The molecule has 19 heavy (non-hydrogen) atoms. The average Bonchev–Trinajstić information content (AvgIpc) is 2.19. The molecule has 0 unspecified atom stereocenters. The maximum Gasteiger partial charge on any atom is 0.192 e. The number of rotatable bonds is 4. The van der Waals surface area contributed by atoms with Gasteiger partial charge in [-0.25, -0.2) is 0 Å². The molecule has 0 radical (unpaired) electrons. The van der Waals surface area contributed by atoms with Gasteiger partial charge in [0.25, 0.3) is 0 Å². The maximum atomic E-state index is 10.3. The van der Waals surface area contributed by atoms with Crippen LogP contribution in [0.1, 0.15) is 48.0 Å². The van der Waals surface area contributed by atoms with Crippen molar-refractivity contribution in [3.8, 4) is 0 Å². The Morgan fingerprint density at radius 1 is 1.26 bits per heavy atom. The zero-order valence-electron chi connectivity index (χ0n) is 14.0. The summed E-state index contributed by atoms with van der Waals surface area (Å²) < 4.78 is 6.53. The van der Waals surface area contributed by atoms with E-state index >= 15 is 0 Å². The molecule has 1 saturated carbocycles. The van der Waals surface area contributed by atoms with E-state index in [1.165, 1.54) is 0 Å². The molecule has 0 heterocycles. The molecular weight excluding hydrogens is 252 g/mol. The van der Waals surface area contributed by atoms with Gasteiger partial charge in [0.1, 0.15) is 0 Å². The average molecular weight is 285 g/mol. The molecule has 112 valence electrons. The highest BCUT2D eigenvalue weighted by Crippen LogP contribution is 2.55. The van der Waals surface area contributed by atoms with Crippen LogP contribution in [-0.2, 0) is 4.43 Å². The standard InChI is InChI=1S/C16H32O2Si/c1-10-16(7)12(15(5,6)17)11-13(16)18-19(8,9)14(2,3)4/h10,12-13,17H,1,11H2,2-9H3/t12-,13-,16+/m0/s1. The molecule has 3 heteroatoms. The second kappa shape index (κ2) is 4.71. The van der Waals surface area contributed by atoms with Crippen molar-refractivity contribution in [1.82, 2.24) is 0 Å². The third-order valence-electron chi connectivity index (χ3n) is 5.43. The Bertz CT molecular complexity index is 349. The fourth-order valence-corrected chi connectivity index (χ4v) is 4.23. The number of aliphatic hydroxyl groups is 1. The van der Waals surface area contributed by atoms with Crippen LogP contribution in [0.2, 0.25) is 18.1 Å². The summed E-state index contributed by atoms with van der Waals surface area (Å²) in [4.78, 5) is 0. The summed E-state index contributed by atoms with van der Waals surface area (Å²) in [5, 5.41) is 10.5. The van der Waals surface area contributed by atoms with Crippen molar-refractivity contribution in [3.05, 3.63) is 12.7 Å². The second-order valence-electron chi connectivity index (χ2n) is 8.38. The fourth-order valence-electron chi connectivity index (χ4n) is 2.82. The monoisotopic (exact) mass is 284 g/mol. The van der Waals surface area contributed by atoms with Gasteiger partial charge in [-0.3, -0.25) is 0 Å². The highest BCUT2D eigenvalue weighted by atomic mass is 28.4. The molecule has 0 amide bonds. The van der Waals surface area contributed by atoms with Crippen molar-refractivity contribution in [2.24, 2.45) is 11.3 Å². The van der Waals surface area contributed by atoms with Crippen LogP contribution in [0.3, 0.4) is 0 Å². The zero-order valence-corrected chi connectivity index (χ0v) is 15.0. The van der Waals surface area contributed by atoms with E-state index in [2.05, 4.69) is 47.4 Å². The maximum absolute atomic E-state index is 10.3. The molecule has 1 rings (SSSR count). The number of hydrogen-bond donors (Lipinski definition) is 1.